The number of benzene rings is 2. The molecule has 0 fully saturated rings. The largest absolute Gasteiger partial charge is 0.497 e. The zero-order chi connectivity index (χ0) is 19.2. The van der Waals surface area contributed by atoms with Crippen LogP contribution in [0.25, 0.3) is 11.3 Å². The lowest BCUT2D eigenvalue weighted by Crippen LogP contribution is -2.27. The van der Waals surface area contributed by atoms with Crippen LogP contribution in [-0.4, -0.2) is 36.5 Å². The predicted octanol–water partition coefficient (Wildman–Crippen LogP) is 3.08. The number of carbonyl (C=O) groups excluding carboxylic acids is 1. The second-order valence-electron chi connectivity index (χ2n) is 6.09. The third-order valence-corrected chi connectivity index (χ3v) is 4.35. The van der Waals surface area contributed by atoms with Crippen LogP contribution in [-0.2, 0) is 13.5 Å². The van der Waals surface area contributed by atoms with Crippen molar-refractivity contribution in [3.63, 3.8) is 0 Å². The average Bonchev–Trinajstić information content (AvgIpc) is 3.10. The van der Waals surface area contributed by atoms with Gasteiger partial charge in [-0.2, -0.15) is 5.10 Å². The van der Waals surface area contributed by atoms with E-state index in [1.807, 2.05) is 48.5 Å². The summed E-state index contributed by atoms with van der Waals surface area (Å²) in [6.45, 7) is 0.513. The van der Waals surface area contributed by atoms with E-state index in [2.05, 4.69) is 10.4 Å². The Morgan fingerprint density at radius 2 is 1.89 bits per heavy atom. The maximum absolute atomic E-state index is 12.6. The Kier molecular flexibility index (Phi) is 5.76. The van der Waals surface area contributed by atoms with E-state index in [1.165, 1.54) is 0 Å². The molecule has 1 N–H and O–H groups in total. The number of aryl methyl sites for hydroxylation is 1. The lowest BCUT2D eigenvalue weighted by atomic mass is 10.1. The van der Waals surface area contributed by atoms with Crippen molar-refractivity contribution in [2.45, 2.75) is 6.42 Å². The van der Waals surface area contributed by atoms with Crippen molar-refractivity contribution in [3.05, 3.63) is 65.9 Å². The summed E-state index contributed by atoms with van der Waals surface area (Å²) in [4.78, 5) is 12.6. The highest BCUT2D eigenvalue weighted by Crippen LogP contribution is 2.23. The number of aromatic nitrogens is 2. The summed E-state index contributed by atoms with van der Waals surface area (Å²) in [5, 5.41) is 7.40. The lowest BCUT2D eigenvalue weighted by Gasteiger charge is -2.09. The monoisotopic (exact) mass is 365 g/mol. The van der Waals surface area contributed by atoms with Crippen molar-refractivity contribution in [1.82, 2.24) is 15.1 Å². The van der Waals surface area contributed by atoms with Crippen molar-refractivity contribution in [2.24, 2.45) is 7.05 Å². The molecule has 0 aliphatic carbocycles. The fourth-order valence-electron chi connectivity index (χ4n) is 2.91. The van der Waals surface area contributed by atoms with E-state index < -0.39 is 0 Å². The van der Waals surface area contributed by atoms with Crippen molar-refractivity contribution >= 4 is 5.91 Å². The van der Waals surface area contributed by atoms with Crippen LogP contribution in [0.15, 0.2) is 54.6 Å². The molecular weight excluding hydrogens is 342 g/mol. The number of para-hydroxylation sites is 1. The molecule has 1 amide bonds. The number of nitrogens with zero attached hydrogens (tertiary/aromatic N) is 2. The topological polar surface area (TPSA) is 65.4 Å². The van der Waals surface area contributed by atoms with Crippen LogP contribution in [0, 0.1) is 0 Å². The number of carbonyl (C=O) groups is 1. The summed E-state index contributed by atoms with van der Waals surface area (Å²) < 4.78 is 12.2. The molecule has 0 aliphatic rings. The molecule has 1 heterocycles. The molecule has 0 saturated heterocycles. The van der Waals surface area contributed by atoms with Gasteiger partial charge in [0, 0.05) is 19.2 Å². The van der Waals surface area contributed by atoms with Crippen LogP contribution < -0.4 is 14.8 Å². The minimum atomic E-state index is -0.158. The van der Waals surface area contributed by atoms with Crippen LogP contribution in [0.1, 0.15) is 16.1 Å². The third kappa shape index (κ3) is 4.28. The number of nitrogens with one attached hydrogen (secondary N) is 1. The number of hydrogen-bond acceptors (Lipinski definition) is 4. The molecule has 6 heteroatoms. The van der Waals surface area contributed by atoms with E-state index in [-0.39, 0.29) is 5.91 Å². The van der Waals surface area contributed by atoms with Gasteiger partial charge in [-0.25, -0.2) is 0 Å². The normalized spacial score (nSPS) is 10.5. The number of ether oxygens (including phenoxy) is 2. The zero-order valence-electron chi connectivity index (χ0n) is 15.7. The van der Waals surface area contributed by atoms with Gasteiger partial charge in [0.1, 0.15) is 17.2 Å². The summed E-state index contributed by atoms with van der Waals surface area (Å²) in [6, 6.07) is 17.2. The van der Waals surface area contributed by atoms with Gasteiger partial charge in [0.15, 0.2) is 0 Å². The smallest absolute Gasteiger partial charge is 0.269 e. The number of hydrogen-bond donors (Lipinski definition) is 1. The molecule has 6 nitrogen and oxygen atoms in total. The third-order valence-electron chi connectivity index (χ3n) is 4.35. The number of methoxy groups -OCH3 is 2. The maximum Gasteiger partial charge on any atom is 0.269 e. The van der Waals surface area contributed by atoms with Crippen molar-refractivity contribution < 1.29 is 14.3 Å². The van der Waals surface area contributed by atoms with Crippen LogP contribution in [0.4, 0.5) is 0 Å². The summed E-state index contributed by atoms with van der Waals surface area (Å²) >= 11 is 0. The van der Waals surface area contributed by atoms with E-state index in [4.69, 9.17) is 9.47 Å². The molecule has 0 atom stereocenters. The highest BCUT2D eigenvalue weighted by molar-refractivity contribution is 5.93. The van der Waals surface area contributed by atoms with Gasteiger partial charge in [-0.15, -0.1) is 0 Å². The Bertz CT molecular complexity index is 934. The number of rotatable bonds is 7. The summed E-state index contributed by atoms with van der Waals surface area (Å²) in [7, 11) is 5.03. The molecule has 1 aromatic heterocycles. The first kappa shape index (κ1) is 18.5. The van der Waals surface area contributed by atoms with E-state index in [0.29, 0.717) is 18.7 Å². The first-order valence-corrected chi connectivity index (χ1v) is 8.71. The second-order valence-corrected chi connectivity index (χ2v) is 6.09. The highest BCUT2D eigenvalue weighted by Gasteiger charge is 2.14. The minimum absolute atomic E-state index is 0.158. The van der Waals surface area contributed by atoms with E-state index in [0.717, 1.165) is 28.3 Å². The van der Waals surface area contributed by atoms with Gasteiger partial charge < -0.3 is 14.8 Å². The molecule has 140 valence electrons. The Hall–Kier alpha value is -3.28. The van der Waals surface area contributed by atoms with Crippen LogP contribution in [0.2, 0.25) is 0 Å². The van der Waals surface area contributed by atoms with Crippen LogP contribution >= 0.6 is 0 Å². The van der Waals surface area contributed by atoms with Gasteiger partial charge in [-0.1, -0.05) is 30.3 Å². The van der Waals surface area contributed by atoms with Gasteiger partial charge in [-0.05, 0) is 36.2 Å². The van der Waals surface area contributed by atoms with Crippen molar-refractivity contribution in [1.29, 1.82) is 0 Å². The summed E-state index contributed by atoms with van der Waals surface area (Å²) in [5.41, 5.74) is 3.19. The molecule has 0 unspecified atom stereocenters. The molecule has 3 aromatic rings. The average molecular weight is 365 g/mol. The molecule has 3 rings (SSSR count). The fourth-order valence-corrected chi connectivity index (χ4v) is 2.91. The minimum Gasteiger partial charge on any atom is -0.497 e. The van der Waals surface area contributed by atoms with E-state index in [9.17, 15) is 4.79 Å². The molecule has 2 aromatic carbocycles. The standard InChI is InChI=1S/C21H23N3O3/c1-24-19(14-18(23-24)16-8-6-9-17(13-16)26-2)21(25)22-12-11-15-7-4-5-10-20(15)27-3/h4-10,13-14H,11-12H2,1-3H3,(H,22,25). The maximum atomic E-state index is 12.6. The summed E-state index contributed by atoms with van der Waals surface area (Å²) in [6.07, 6.45) is 0.691. The quantitative estimate of drug-likeness (QED) is 0.699. The Balaban J connectivity index is 1.67. The first-order chi connectivity index (χ1) is 13.1. The molecule has 0 saturated carbocycles. The van der Waals surface area contributed by atoms with Gasteiger partial charge >= 0.3 is 0 Å². The first-order valence-electron chi connectivity index (χ1n) is 8.71. The summed E-state index contributed by atoms with van der Waals surface area (Å²) in [5.74, 6) is 1.42. The number of amides is 1. The molecule has 0 aliphatic heterocycles. The van der Waals surface area contributed by atoms with Crippen molar-refractivity contribution in [2.75, 3.05) is 20.8 Å². The Morgan fingerprint density at radius 1 is 1.07 bits per heavy atom. The Labute approximate surface area is 158 Å². The zero-order valence-corrected chi connectivity index (χ0v) is 15.7. The predicted molar refractivity (Wildman–Crippen MR) is 104 cm³/mol. The van der Waals surface area contributed by atoms with Crippen molar-refractivity contribution in [3.8, 4) is 22.8 Å². The molecule has 0 spiro atoms. The molecular formula is C21H23N3O3. The lowest BCUT2D eigenvalue weighted by molar-refractivity contribution is 0.0944. The van der Waals surface area contributed by atoms with E-state index in [1.54, 1.807) is 32.0 Å². The molecule has 0 bridgehead atoms. The van der Waals surface area contributed by atoms with Crippen LogP contribution in [0.5, 0.6) is 11.5 Å². The Morgan fingerprint density at radius 3 is 2.67 bits per heavy atom. The SMILES string of the molecule is COc1cccc(-c2cc(C(=O)NCCc3ccccc3OC)n(C)n2)c1. The van der Waals surface area contributed by atoms with E-state index >= 15 is 0 Å². The van der Waals surface area contributed by atoms with Gasteiger partial charge in [-0.3, -0.25) is 9.48 Å². The molecule has 0 radical (unpaired) electrons. The fraction of sp³-hybridized carbons (Fsp3) is 0.238. The van der Waals surface area contributed by atoms with Crippen LogP contribution in [0.3, 0.4) is 0 Å². The highest BCUT2D eigenvalue weighted by atomic mass is 16.5. The van der Waals surface area contributed by atoms with Gasteiger partial charge in [0.2, 0.25) is 0 Å². The second kappa shape index (κ2) is 8.40. The van der Waals surface area contributed by atoms with Gasteiger partial charge in [0.25, 0.3) is 5.91 Å². The molecule has 27 heavy (non-hydrogen) atoms. The van der Waals surface area contributed by atoms with Gasteiger partial charge in [0.05, 0.1) is 19.9 Å².